The highest BCUT2D eigenvalue weighted by atomic mass is 32.2. The number of hydrogen-bond donors (Lipinski definition) is 1. The minimum atomic E-state index is 0.217. The zero-order valence-electron chi connectivity index (χ0n) is 20.0. The monoisotopic (exact) mass is 476 g/mol. The summed E-state index contributed by atoms with van der Waals surface area (Å²) in [7, 11) is 0. The Labute approximate surface area is 205 Å². The molecule has 2 aromatic carbocycles. The van der Waals surface area contributed by atoms with Crippen LogP contribution in [0.3, 0.4) is 0 Å². The fourth-order valence-corrected chi connectivity index (χ4v) is 4.55. The van der Waals surface area contributed by atoms with E-state index in [1.165, 1.54) is 4.90 Å². The number of benzene rings is 2. The molecule has 34 heavy (non-hydrogen) atoms. The SMILES string of the molecule is CCOCc1nc2c(N)nc3cc(/C=C/Sc4ccccc4)ccc3c2n1CCCOC(C)C. The van der Waals surface area contributed by atoms with Crippen molar-refractivity contribution in [2.24, 2.45) is 0 Å². The highest BCUT2D eigenvalue weighted by molar-refractivity contribution is 8.02. The van der Waals surface area contributed by atoms with Crippen LogP contribution in [0.1, 0.15) is 38.6 Å². The second-order valence-corrected chi connectivity index (χ2v) is 9.27. The first-order valence-electron chi connectivity index (χ1n) is 11.7. The van der Waals surface area contributed by atoms with Crippen LogP contribution in [0.2, 0.25) is 0 Å². The topological polar surface area (TPSA) is 75.2 Å². The molecule has 0 fully saturated rings. The van der Waals surface area contributed by atoms with Crippen LogP contribution in [0.5, 0.6) is 0 Å². The molecule has 0 aliphatic carbocycles. The van der Waals surface area contributed by atoms with Crippen molar-refractivity contribution in [3.8, 4) is 0 Å². The molecule has 4 rings (SSSR count). The molecule has 2 heterocycles. The van der Waals surface area contributed by atoms with Gasteiger partial charge in [0.1, 0.15) is 17.9 Å². The van der Waals surface area contributed by atoms with Crippen molar-refractivity contribution in [3.05, 3.63) is 65.3 Å². The molecule has 0 aliphatic rings. The number of aryl methyl sites for hydroxylation is 1. The van der Waals surface area contributed by atoms with Gasteiger partial charge in [-0.25, -0.2) is 9.97 Å². The summed E-state index contributed by atoms with van der Waals surface area (Å²) in [5.41, 5.74) is 10.1. The van der Waals surface area contributed by atoms with E-state index in [0.29, 0.717) is 25.6 Å². The predicted octanol–water partition coefficient (Wildman–Crippen LogP) is 6.28. The minimum Gasteiger partial charge on any atom is -0.382 e. The van der Waals surface area contributed by atoms with Gasteiger partial charge in [-0.05, 0) is 62.4 Å². The van der Waals surface area contributed by atoms with Crippen molar-refractivity contribution in [3.63, 3.8) is 0 Å². The minimum absolute atomic E-state index is 0.217. The highest BCUT2D eigenvalue weighted by Gasteiger charge is 2.17. The third kappa shape index (κ3) is 5.78. The lowest BCUT2D eigenvalue weighted by atomic mass is 10.1. The van der Waals surface area contributed by atoms with Gasteiger partial charge in [0, 0.05) is 30.0 Å². The smallest absolute Gasteiger partial charge is 0.152 e. The summed E-state index contributed by atoms with van der Waals surface area (Å²) >= 11 is 1.69. The van der Waals surface area contributed by atoms with Crippen molar-refractivity contribution in [2.45, 2.75) is 51.3 Å². The van der Waals surface area contributed by atoms with Crippen LogP contribution in [-0.2, 0) is 22.6 Å². The maximum Gasteiger partial charge on any atom is 0.152 e. The number of nitrogens with two attached hydrogens (primary N) is 1. The maximum atomic E-state index is 6.38. The van der Waals surface area contributed by atoms with Gasteiger partial charge in [-0.2, -0.15) is 0 Å². The molecule has 0 bridgehead atoms. The molecule has 4 aromatic rings. The number of pyridine rings is 1. The molecule has 0 spiro atoms. The van der Waals surface area contributed by atoms with E-state index in [1.54, 1.807) is 11.8 Å². The Kier molecular flexibility index (Phi) is 8.21. The van der Waals surface area contributed by atoms with E-state index in [1.807, 2.05) is 25.1 Å². The first-order chi connectivity index (χ1) is 16.6. The Hall–Kier alpha value is -2.87. The molecule has 6 nitrogen and oxygen atoms in total. The Morgan fingerprint density at radius 1 is 1.12 bits per heavy atom. The highest BCUT2D eigenvalue weighted by Crippen LogP contribution is 2.30. The summed E-state index contributed by atoms with van der Waals surface area (Å²) in [5, 5.41) is 3.13. The summed E-state index contributed by atoms with van der Waals surface area (Å²) in [6, 6.07) is 16.6. The fraction of sp³-hybridized carbons (Fsp3) is 0.333. The van der Waals surface area contributed by atoms with Gasteiger partial charge in [0.15, 0.2) is 5.82 Å². The Morgan fingerprint density at radius 3 is 2.71 bits per heavy atom. The van der Waals surface area contributed by atoms with Crippen molar-refractivity contribution >= 4 is 45.6 Å². The third-order valence-corrected chi connectivity index (χ3v) is 6.24. The number of thioether (sulfide) groups is 1. The van der Waals surface area contributed by atoms with Crippen LogP contribution in [0.4, 0.5) is 5.82 Å². The zero-order valence-corrected chi connectivity index (χ0v) is 20.8. The van der Waals surface area contributed by atoms with Gasteiger partial charge in [0.05, 0.1) is 17.1 Å². The first-order valence-corrected chi connectivity index (χ1v) is 12.6. The Bertz CT molecular complexity index is 1270. The number of nitrogens with zero attached hydrogens (tertiary/aromatic N) is 3. The molecule has 2 aromatic heterocycles. The van der Waals surface area contributed by atoms with E-state index in [2.05, 4.69) is 65.2 Å². The van der Waals surface area contributed by atoms with Crippen molar-refractivity contribution in [1.29, 1.82) is 0 Å². The number of rotatable bonds is 11. The normalized spacial score (nSPS) is 12.0. The fourth-order valence-electron chi connectivity index (χ4n) is 3.85. The van der Waals surface area contributed by atoms with Crippen LogP contribution in [0.15, 0.2) is 58.8 Å². The summed E-state index contributed by atoms with van der Waals surface area (Å²) in [5.74, 6) is 1.31. The van der Waals surface area contributed by atoms with Crippen LogP contribution >= 0.6 is 11.8 Å². The van der Waals surface area contributed by atoms with Crippen LogP contribution < -0.4 is 5.73 Å². The number of hydrogen-bond acceptors (Lipinski definition) is 6. The summed E-state index contributed by atoms with van der Waals surface area (Å²) in [6.07, 6.45) is 3.19. The molecule has 0 saturated carbocycles. The molecule has 2 N–H and O–H groups in total. The average Bonchev–Trinajstić information content (AvgIpc) is 3.20. The lowest BCUT2D eigenvalue weighted by molar-refractivity contribution is 0.0742. The molecule has 0 aliphatic heterocycles. The number of fused-ring (bicyclic) bond motifs is 3. The average molecular weight is 477 g/mol. The van der Waals surface area contributed by atoms with Crippen molar-refractivity contribution in [1.82, 2.24) is 14.5 Å². The lowest BCUT2D eigenvalue weighted by Crippen LogP contribution is -2.10. The maximum absolute atomic E-state index is 6.38. The number of imidazole rings is 1. The number of nitrogen functional groups attached to an aromatic ring is 1. The summed E-state index contributed by atoms with van der Waals surface area (Å²) in [6.45, 7) is 8.63. The first kappa shape index (κ1) is 24.3. The third-order valence-electron chi connectivity index (χ3n) is 5.43. The number of aromatic nitrogens is 3. The van der Waals surface area contributed by atoms with E-state index < -0.39 is 0 Å². The van der Waals surface area contributed by atoms with Gasteiger partial charge in [0.2, 0.25) is 0 Å². The van der Waals surface area contributed by atoms with Crippen LogP contribution in [0.25, 0.3) is 28.0 Å². The molecule has 0 amide bonds. The molecule has 0 unspecified atom stereocenters. The van der Waals surface area contributed by atoms with Gasteiger partial charge in [0.25, 0.3) is 0 Å². The Balaban J connectivity index is 1.67. The van der Waals surface area contributed by atoms with Crippen LogP contribution in [-0.4, -0.2) is 33.9 Å². The van der Waals surface area contributed by atoms with E-state index in [9.17, 15) is 0 Å². The van der Waals surface area contributed by atoms with Gasteiger partial charge in [-0.3, -0.25) is 0 Å². The largest absolute Gasteiger partial charge is 0.382 e. The molecule has 7 heteroatoms. The van der Waals surface area contributed by atoms with E-state index in [-0.39, 0.29) is 6.10 Å². The van der Waals surface area contributed by atoms with E-state index in [0.717, 1.165) is 46.3 Å². The summed E-state index contributed by atoms with van der Waals surface area (Å²) < 4.78 is 13.7. The van der Waals surface area contributed by atoms with Gasteiger partial charge >= 0.3 is 0 Å². The van der Waals surface area contributed by atoms with E-state index in [4.69, 9.17) is 20.2 Å². The molecular weight excluding hydrogens is 444 g/mol. The molecular formula is C27H32N4O2S. The van der Waals surface area contributed by atoms with Crippen LogP contribution in [0, 0.1) is 0 Å². The standard InChI is InChI=1S/C27H32N4O2S/c1-4-32-18-24-30-25-26(31(24)14-8-15-33-19(2)3)22-12-11-20(17-23(22)29-27(25)28)13-16-34-21-9-6-5-7-10-21/h5-7,9-13,16-17,19H,4,8,14-15,18H2,1-3H3,(H2,28,29)/b16-13+. The van der Waals surface area contributed by atoms with E-state index >= 15 is 0 Å². The second-order valence-electron chi connectivity index (χ2n) is 8.29. The van der Waals surface area contributed by atoms with Gasteiger partial charge < -0.3 is 19.8 Å². The number of ether oxygens (including phenoxy) is 2. The lowest BCUT2D eigenvalue weighted by Gasteiger charge is -2.12. The van der Waals surface area contributed by atoms with Gasteiger partial charge in [-0.15, -0.1) is 0 Å². The second kappa shape index (κ2) is 11.5. The molecule has 0 radical (unpaired) electrons. The number of anilines is 1. The zero-order chi connectivity index (χ0) is 23.9. The predicted molar refractivity (Wildman–Crippen MR) is 142 cm³/mol. The molecule has 178 valence electrons. The molecule has 0 saturated heterocycles. The van der Waals surface area contributed by atoms with Gasteiger partial charge in [-0.1, -0.05) is 42.1 Å². The van der Waals surface area contributed by atoms with Crippen molar-refractivity contribution in [2.75, 3.05) is 18.9 Å². The summed E-state index contributed by atoms with van der Waals surface area (Å²) in [4.78, 5) is 10.7. The Morgan fingerprint density at radius 2 is 1.94 bits per heavy atom. The molecule has 0 atom stereocenters. The quantitative estimate of drug-likeness (QED) is 0.203. The van der Waals surface area contributed by atoms with Crippen molar-refractivity contribution < 1.29 is 9.47 Å².